The molecular weight excluding hydrogens is 192 g/mol. The Bertz CT molecular complexity index is 312. The Hall–Kier alpha value is -1.16. The molecular formula is C11H16N2O2. The average molecular weight is 208 g/mol. The van der Waals surface area contributed by atoms with Crippen molar-refractivity contribution < 1.29 is 9.59 Å². The van der Waals surface area contributed by atoms with Crippen molar-refractivity contribution in [2.75, 3.05) is 7.05 Å². The molecule has 2 unspecified atom stereocenters. The molecule has 0 bridgehead atoms. The molecule has 0 radical (unpaired) electrons. The molecule has 2 aliphatic rings. The smallest absolute Gasteiger partial charge is 0.246 e. The molecule has 4 nitrogen and oxygen atoms in total. The number of imide groups is 1. The van der Waals surface area contributed by atoms with Crippen LogP contribution in [0.4, 0.5) is 0 Å². The standard InChI is InChI=1S/C11H16N2O2/c1-13-10(14)7-9(11(13)15)12-8-5-3-2-4-6-8/h2-3,8-9,12H,4-7H2,1H3. The maximum absolute atomic E-state index is 11.6. The van der Waals surface area contributed by atoms with Crippen LogP contribution in [0.3, 0.4) is 0 Å². The lowest BCUT2D eigenvalue weighted by atomic mass is 10.0. The number of nitrogens with one attached hydrogen (secondary N) is 1. The molecule has 0 aromatic carbocycles. The van der Waals surface area contributed by atoms with Crippen LogP contribution in [0.25, 0.3) is 0 Å². The highest BCUT2D eigenvalue weighted by atomic mass is 16.2. The Kier molecular flexibility index (Phi) is 2.86. The van der Waals surface area contributed by atoms with Crippen LogP contribution in [0.15, 0.2) is 12.2 Å². The Morgan fingerprint density at radius 3 is 2.73 bits per heavy atom. The molecule has 1 fully saturated rings. The lowest BCUT2D eigenvalue weighted by Crippen LogP contribution is -2.43. The molecule has 1 N–H and O–H groups in total. The largest absolute Gasteiger partial charge is 0.302 e. The van der Waals surface area contributed by atoms with E-state index in [1.54, 1.807) is 7.05 Å². The summed E-state index contributed by atoms with van der Waals surface area (Å²) in [6.45, 7) is 0. The SMILES string of the molecule is CN1C(=O)CC(NC2CC=CCC2)C1=O. The van der Waals surface area contributed by atoms with Crippen LogP contribution in [0.1, 0.15) is 25.7 Å². The number of allylic oxidation sites excluding steroid dienone is 1. The van der Waals surface area contributed by atoms with Gasteiger partial charge in [-0.1, -0.05) is 12.2 Å². The van der Waals surface area contributed by atoms with Crippen molar-refractivity contribution >= 4 is 11.8 Å². The normalized spacial score (nSPS) is 31.4. The van der Waals surface area contributed by atoms with Gasteiger partial charge in [0.05, 0.1) is 12.5 Å². The monoisotopic (exact) mass is 208 g/mol. The maximum atomic E-state index is 11.6. The second-order valence-corrected chi connectivity index (χ2v) is 4.20. The third-order valence-electron chi connectivity index (χ3n) is 3.09. The fraction of sp³-hybridized carbons (Fsp3) is 0.636. The number of hydrogen-bond acceptors (Lipinski definition) is 3. The fourth-order valence-corrected chi connectivity index (χ4v) is 2.12. The van der Waals surface area contributed by atoms with E-state index >= 15 is 0 Å². The van der Waals surface area contributed by atoms with Gasteiger partial charge < -0.3 is 5.32 Å². The van der Waals surface area contributed by atoms with Crippen molar-refractivity contribution in [3.05, 3.63) is 12.2 Å². The van der Waals surface area contributed by atoms with Gasteiger partial charge in [0, 0.05) is 13.1 Å². The predicted molar refractivity (Wildman–Crippen MR) is 56.1 cm³/mol. The molecule has 4 heteroatoms. The van der Waals surface area contributed by atoms with Crippen LogP contribution in [0.2, 0.25) is 0 Å². The predicted octanol–water partition coefficient (Wildman–Crippen LogP) is 0.442. The van der Waals surface area contributed by atoms with Gasteiger partial charge in [0.1, 0.15) is 0 Å². The van der Waals surface area contributed by atoms with Crippen LogP contribution in [-0.4, -0.2) is 35.8 Å². The summed E-state index contributed by atoms with van der Waals surface area (Å²) in [5.74, 6) is -0.168. The van der Waals surface area contributed by atoms with Gasteiger partial charge >= 0.3 is 0 Å². The number of amides is 2. The Morgan fingerprint density at radius 2 is 2.20 bits per heavy atom. The minimum absolute atomic E-state index is 0.0798. The topological polar surface area (TPSA) is 49.4 Å². The number of rotatable bonds is 2. The molecule has 2 rings (SSSR count). The first-order valence-corrected chi connectivity index (χ1v) is 5.40. The lowest BCUT2D eigenvalue weighted by molar-refractivity contribution is -0.137. The van der Waals surface area contributed by atoms with Crippen LogP contribution in [0, 0.1) is 0 Å². The van der Waals surface area contributed by atoms with E-state index < -0.39 is 0 Å². The molecule has 1 aliphatic heterocycles. The number of hydrogen-bond donors (Lipinski definition) is 1. The summed E-state index contributed by atoms with van der Waals surface area (Å²) in [7, 11) is 1.55. The van der Waals surface area contributed by atoms with Crippen LogP contribution >= 0.6 is 0 Å². The Morgan fingerprint density at radius 1 is 1.40 bits per heavy atom. The van der Waals surface area contributed by atoms with Crippen molar-refractivity contribution in [1.29, 1.82) is 0 Å². The van der Waals surface area contributed by atoms with Gasteiger partial charge in [0.15, 0.2) is 0 Å². The number of nitrogens with zero attached hydrogens (tertiary/aromatic N) is 1. The highest BCUT2D eigenvalue weighted by molar-refractivity contribution is 6.05. The number of likely N-dealkylation sites (N-methyl/N-ethyl adjacent to an activating group) is 1. The molecule has 1 aliphatic carbocycles. The summed E-state index contributed by atoms with van der Waals surface area (Å²) < 4.78 is 0. The fourth-order valence-electron chi connectivity index (χ4n) is 2.12. The van der Waals surface area contributed by atoms with E-state index in [0.717, 1.165) is 19.3 Å². The lowest BCUT2D eigenvalue weighted by Gasteiger charge is -2.22. The van der Waals surface area contributed by atoms with E-state index in [9.17, 15) is 9.59 Å². The number of carbonyl (C=O) groups is 2. The van der Waals surface area contributed by atoms with Crippen LogP contribution in [-0.2, 0) is 9.59 Å². The van der Waals surface area contributed by atoms with Crippen molar-refractivity contribution in [3.63, 3.8) is 0 Å². The van der Waals surface area contributed by atoms with Crippen molar-refractivity contribution in [1.82, 2.24) is 10.2 Å². The quantitative estimate of drug-likeness (QED) is 0.529. The van der Waals surface area contributed by atoms with Gasteiger partial charge in [-0.2, -0.15) is 0 Å². The molecule has 1 heterocycles. The minimum Gasteiger partial charge on any atom is -0.302 e. The molecule has 15 heavy (non-hydrogen) atoms. The Labute approximate surface area is 89.3 Å². The van der Waals surface area contributed by atoms with Crippen LogP contribution < -0.4 is 5.32 Å². The average Bonchev–Trinajstić information content (AvgIpc) is 2.48. The van der Waals surface area contributed by atoms with E-state index in [1.807, 2.05) is 0 Å². The zero-order valence-electron chi connectivity index (χ0n) is 8.90. The van der Waals surface area contributed by atoms with Gasteiger partial charge in [0.2, 0.25) is 11.8 Å². The second-order valence-electron chi connectivity index (χ2n) is 4.20. The first kappa shape index (κ1) is 10.4. The molecule has 1 saturated heterocycles. The van der Waals surface area contributed by atoms with Crippen LogP contribution in [0.5, 0.6) is 0 Å². The van der Waals surface area contributed by atoms with Crippen molar-refractivity contribution in [2.45, 2.75) is 37.8 Å². The summed E-state index contributed by atoms with van der Waals surface area (Å²) in [5.41, 5.74) is 0. The molecule has 0 aromatic rings. The van der Waals surface area contributed by atoms with E-state index in [-0.39, 0.29) is 17.9 Å². The zero-order chi connectivity index (χ0) is 10.8. The third kappa shape index (κ3) is 2.09. The van der Waals surface area contributed by atoms with Gasteiger partial charge in [-0.15, -0.1) is 0 Å². The molecule has 2 amide bonds. The van der Waals surface area contributed by atoms with E-state index in [4.69, 9.17) is 0 Å². The highest BCUT2D eigenvalue weighted by Crippen LogP contribution is 2.16. The summed E-state index contributed by atoms with van der Waals surface area (Å²) in [4.78, 5) is 24.1. The summed E-state index contributed by atoms with van der Waals surface area (Å²) in [6, 6.07) is 0.0576. The van der Waals surface area contributed by atoms with E-state index in [0.29, 0.717) is 12.5 Å². The maximum Gasteiger partial charge on any atom is 0.246 e. The third-order valence-corrected chi connectivity index (χ3v) is 3.09. The van der Waals surface area contributed by atoms with Gasteiger partial charge in [-0.25, -0.2) is 0 Å². The molecule has 0 aromatic heterocycles. The van der Waals surface area contributed by atoms with Crippen molar-refractivity contribution in [3.8, 4) is 0 Å². The van der Waals surface area contributed by atoms with E-state index in [2.05, 4.69) is 17.5 Å². The van der Waals surface area contributed by atoms with Gasteiger partial charge in [0.25, 0.3) is 0 Å². The number of carbonyl (C=O) groups excluding carboxylic acids is 2. The summed E-state index contributed by atoms with van der Waals surface area (Å²) in [6.07, 6.45) is 7.68. The summed E-state index contributed by atoms with van der Waals surface area (Å²) >= 11 is 0. The molecule has 82 valence electrons. The first-order chi connectivity index (χ1) is 7.18. The van der Waals surface area contributed by atoms with E-state index in [1.165, 1.54) is 4.90 Å². The molecule has 0 saturated carbocycles. The zero-order valence-corrected chi connectivity index (χ0v) is 8.90. The molecule has 0 spiro atoms. The second kappa shape index (κ2) is 4.14. The van der Waals surface area contributed by atoms with Gasteiger partial charge in [-0.05, 0) is 19.3 Å². The van der Waals surface area contributed by atoms with Gasteiger partial charge in [-0.3, -0.25) is 14.5 Å². The molecule has 2 atom stereocenters. The minimum atomic E-state index is -0.293. The first-order valence-electron chi connectivity index (χ1n) is 5.40. The Balaban J connectivity index is 1.92. The summed E-state index contributed by atoms with van der Waals surface area (Å²) in [5, 5.41) is 3.27. The highest BCUT2D eigenvalue weighted by Gasteiger charge is 2.36. The number of likely N-dealkylation sites (tertiary alicyclic amines) is 1. The van der Waals surface area contributed by atoms with Crippen molar-refractivity contribution in [2.24, 2.45) is 0 Å².